The van der Waals surface area contributed by atoms with E-state index in [0.29, 0.717) is 0 Å². The lowest BCUT2D eigenvalue weighted by Gasteiger charge is -2.12. The van der Waals surface area contributed by atoms with E-state index in [1.807, 2.05) is 6.07 Å². The van der Waals surface area contributed by atoms with Crippen molar-refractivity contribution < 1.29 is 23.0 Å². The first-order chi connectivity index (χ1) is 13.4. The minimum absolute atomic E-state index is 0.00288. The lowest BCUT2D eigenvalue weighted by Crippen LogP contribution is -2.11. The highest BCUT2D eigenvalue weighted by atomic mass is 35.5. The molecule has 0 radical (unpaired) electrons. The summed E-state index contributed by atoms with van der Waals surface area (Å²) in [4.78, 5) is 16.2. The molecule has 8 heteroatoms. The molecule has 0 spiro atoms. The van der Waals surface area contributed by atoms with Crippen LogP contribution in [-0.4, -0.2) is 18.1 Å². The quantitative estimate of drug-likeness (QED) is 0.627. The molecule has 5 nitrogen and oxygen atoms in total. The van der Waals surface area contributed by atoms with E-state index < -0.39 is 23.3 Å². The summed E-state index contributed by atoms with van der Waals surface area (Å²) in [7, 11) is 1.23. The monoisotopic (exact) mass is 404 g/mol. The third kappa shape index (κ3) is 3.89. The lowest BCUT2D eigenvalue weighted by atomic mass is 10.1. The number of pyridine rings is 1. The topological polar surface area (TPSA) is 74.4 Å². The number of hydrogen-bond donors (Lipinski definition) is 1. The predicted octanol–water partition coefficient (Wildman–Crippen LogP) is 4.63. The summed E-state index contributed by atoms with van der Waals surface area (Å²) < 4.78 is 39.2. The smallest absolute Gasteiger partial charge is 0.357 e. The van der Waals surface area contributed by atoms with E-state index in [1.54, 1.807) is 24.3 Å². The molecule has 0 saturated heterocycles. The average Bonchev–Trinajstić information content (AvgIpc) is 2.70. The van der Waals surface area contributed by atoms with E-state index >= 15 is 0 Å². The van der Waals surface area contributed by atoms with Crippen molar-refractivity contribution >= 4 is 23.3 Å². The number of benzene rings is 2. The van der Waals surface area contributed by atoms with Crippen LogP contribution in [0.5, 0.6) is 5.75 Å². The minimum Gasteiger partial charge on any atom is -0.492 e. The van der Waals surface area contributed by atoms with Gasteiger partial charge in [-0.15, -0.1) is 0 Å². The van der Waals surface area contributed by atoms with Crippen LogP contribution >= 0.6 is 11.6 Å². The standard InChI is InChI=1S/C20H15ClF2N2O3/c1-27-19-13(21)8-7-12(16(19)22)18-17(23)14(24)9-15(25-18)20(26)28-10-11-5-3-2-4-6-11/h2-9H,10H2,1H3,(H2,24,25). The fourth-order valence-corrected chi connectivity index (χ4v) is 2.75. The van der Waals surface area contributed by atoms with E-state index in [1.165, 1.54) is 19.2 Å². The molecule has 0 fully saturated rings. The maximum absolute atomic E-state index is 14.7. The zero-order chi connectivity index (χ0) is 20.3. The number of carbonyl (C=O) groups excluding carboxylic acids is 1. The molecule has 28 heavy (non-hydrogen) atoms. The molecule has 1 aromatic heterocycles. The molecule has 0 amide bonds. The molecule has 3 aromatic rings. The van der Waals surface area contributed by atoms with Gasteiger partial charge in [-0.25, -0.2) is 18.6 Å². The van der Waals surface area contributed by atoms with Gasteiger partial charge < -0.3 is 15.2 Å². The maximum Gasteiger partial charge on any atom is 0.357 e. The second-order valence-electron chi connectivity index (χ2n) is 5.76. The highest BCUT2D eigenvalue weighted by Gasteiger charge is 2.22. The molecule has 0 unspecified atom stereocenters. The van der Waals surface area contributed by atoms with Gasteiger partial charge in [0.15, 0.2) is 23.1 Å². The van der Waals surface area contributed by atoms with Crippen molar-refractivity contribution in [1.29, 1.82) is 0 Å². The molecular weight excluding hydrogens is 390 g/mol. The number of halogens is 3. The summed E-state index contributed by atoms with van der Waals surface area (Å²) in [6, 6.07) is 12.6. The largest absolute Gasteiger partial charge is 0.492 e. The van der Waals surface area contributed by atoms with Gasteiger partial charge in [-0.1, -0.05) is 41.9 Å². The average molecular weight is 405 g/mol. The van der Waals surface area contributed by atoms with E-state index in [4.69, 9.17) is 26.8 Å². The molecule has 0 aliphatic rings. The third-order valence-electron chi connectivity index (χ3n) is 3.92. The summed E-state index contributed by atoms with van der Waals surface area (Å²) >= 11 is 5.86. The number of rotatable bonds is 5. The van der Waals surface area contributed by atoms with Crippen molar-refractivity contribution in [3.05, 3.63) is 76.4 Å². The van der Waals surface area contributed by atoms with Crippen LogP contribution in [0, 0.1) is 11.6 Å². The van der Waals surface area contributed by atoms with Crippen LogP contribution in [0.4, 0.5) is 14.5 Å². The summed E-state index contributed by atoms with van der Waals surface area (Å²) in [6.45, 7) is -0.00288. The Kier molecular flexibility index (Phi) is 5.75. The van der Waals surface area contributed by atoms with Crippen LogP contribution in [0.1, 0.15) is 16.1 Å². The van der Waals surface area contributed by atoms with Crippen LogP contribution in [0.25, 0.3) is 11.3 Å². The number of methoxy groups -OCH3 is 1. The number of anilines is 1. The van der Waals surface area contributed by atoms with Gasteiger partial charge >= 0.3 is 5.97 Å². The van der Waals surface area contributed by atoms with Crippen LogP contribution in [-0.2, 0) is 11.3 Å². The van der Waals surface area contributed by atoms with Gasteiger partial charge in [0.2, 0.25) is 0 Å². The van der Waals surface area contributed by atoms with Crippen molar-refractivity contribution in [1.82, 2.24) is 4.98 Å². The van der Waals surface area contributed by atoms with Gasteiger partial charge in [-0.2, -0.15) is 0 Å². The first-order valence-corrected chi connectivity index (χ1v) is 8.49. The Bertz CT molecular complexity index is 1030. The van der Waals surface area contributed by atoms with Crippen molar-refractivity contribution in [3.8, 4) is 17.0 Å². The van der Waals surface area contributed by atoms with Crippen LogP contribution < -0.4 is 10.5 Å². The van der Waals surface area contributed by atoms with E-state index in [2.05, 4.69) is 4.98 Å². The summed E-state index contributed by atoms with van der Waals surface area (Å²) in [5.74, 6) is -2.98. The number of ether oxygens (including phenoxy) is 2. The Hall–Kier alpha value is -3.19. The fraction of sp³-hybridized carbons (Fsp3) is 0.100. The third-order valence-corrected chi connectivity index (χ3v) is 4.21. The van der Waals surface area contributed by atoms with Crippen molar-refractivity contribution in [2.75, 3.05) is 12.8 Å². The summed E-state index contributed by atoms with van der Waals surface area (Å²) in [5, 5.41) is 0.00977. The summed E-state index contributed by atoms with van der Waals surface area (Å²) in [5.41, 5.74) is 5.10. The van der Waals surface area contributed by atoms with Crippen LogP contribution in [0.3, 0.4) is 0 Å². The van der Waals surface area contributed by atoms with Gasteiger partial charge in [0.25, 0.3) is 0 Å². The second kappa shape index (κ2) is 8.22. The molecule has 1 heterocycles. The highest BCUT2D eigenvalue weighted by molar-refractivity contribution is 6.32. The van der Waals surface area contributed by atoms with E-state index in [-0.39, 0.29) is 34.3 Å². The van der Waals surface area contributed by atoms with Gasteiger partial charge in [0, 0.05) is 5.56 Å². The molecule has 2 aromatic carbocycles. The van der Waals surface area contributed by atoms with Gasteiger partial charge in [-0.05, 0) is 23.8 Å². The Morgan fingerprint density at radius 1 is 1.14 bits per heavy atom. The molecule has 0 bridgehead atoms. The lowest BCUT2D eigenvalue weighted by molar-refractivity contribution is 0.0466. The predicted molar refractivity (Wildman–Crippen MR) is 101 cm³/mol. The zero-order valence-corrected chi connectivity index (χ0v) is 15.5. The SMILES string of the molecule is COc1c(Cl)ccc(-c2nc(C(=O)OCc3ccccc3)cc(N)c2F)c1F. The van der Waals surface area contributed by atoms with Crippen LogP contribution in [0.2, 0.25) is 5.02 Å². The normalized spacial score (nSPS) is 10.6. The number of carbonyl (C=O) groups is 1. The number of aromatic nitrogens is 1. The van der Waals surface area contributed by atoms with Gasteiger partial charge in [-0.3, -0.25) is 0 Å². The van der Waals surface area contributed by atoms with Gasteiger partial charge in [0.1, 0.15) is 12.3 Å². The molecule has 2 N–H and O–H groups in total. The van der Waals surface area contributed by atoms with Crippen LogP contribution in [0.15, 0.2) is 48.5 Å². The van der Waals surface area contributed by atoms with E-state index in [9.17, 15) is 13.6 Å². The Morgan fingerprint density at radius 3 is 2.54 bits per heavy atom. The maximum atomic E-state index is 14.7. The molecule has 144 valence electrons. The Balaban J connectivity index is 1.96. The Morgan fingerprint density at radius 2 is 1.86 bits per heavy atom. The molecule has 0 aliphatic carbocycles. The first-order valence-electron chi connectivity index (χ1n) is 8.11. The molecular formula is C20H15ClF2N2O3. The van der Waals surface area contributed by atoms with Crippen molar-refractivity contribution in [2.24, 2.45) is 0 Å². The minimum atomic E-state index is -0.970. The second-order valence-corrected chi connectivity index (χ2v) is 6.17. The van der Waals surface area contributed by atoms with Gasteiger partial charge in [0.05, 0.1) is 17.8 Å². The fourth-order valence-electron chi connectivity index (χ4n) is 2.53. The highest BCUT2D eigenvalue weighted by Crippen LogP contribution is 2.36. The Labute approximate surface area is 164 Å². The number of hydrogen-bond acceptors (Lipinski definition) is 5. The van der Waals surface area contributed by atoms with E-state index in [0.717, 1.165) is 11.6 Å². The molecule has 0 atom stereocenters. The molecule has 0 saturated carbocycles. The number of nitrogens with two attached hydrogens (primary N) is 1. The summed E-state index contributed by atoms with van der Waals surface area (Å²) in [6.07, 6.45) is 0. The molecule has 0 aliphatic heterocycles. The number of nitrogen functional groups attached to an aromatic ring is 1. The molecule has 3 rings (SSSR count). The number of esters is 1. The number of nitrogens with zero attached hydrogens (tertiary/aromatic N) is 1. The van der Waals surface area contributed by atoms with Crippen molar-refractivity contribution in [3.63, 3.8) is 0 Å². The van der Waals surface area contributed by atoms with Crippen molar-refractivity contribution in [2.45, 2.75) is 6.61 Å². The zero-order valence-electron chi connectivity index (χ0n) is 14.7. The first kappa shape index (κ1) is 19.6.